The van der Waals surface area contributed by atoms with Crippen LogP contribution in [0.4, 0.5) is 0 Å². The summed E-state index contributed by atoms with van der Waals surface area (Å²) < 4.78 is 10.9. The van der Waals surface area contributed by atoms with Crippen LogP contribution in [0.2, 0.25) is 0 Å². The molecule has 1 aliphatic rings. The van der Waals surface area contributed by atoms with Gasteiger partial charge in [0.2, 0.25) is 0 Å². The van der Waals surface area contributed by atoms with Gasteiger partial charge in [-0.25, -0.2) is 0 Å². The molecule has 1 rings (SSSR count). The van der Waals surface area contributed by atoms with E-state index in [1.54, 1.807) is 13.8 Å². The van der Waals surface area contributed by atoms with Gasteiger partial charge in [-0.3, -0.25) is 0 Å². The smallest absolute Gasteiger partial charge is 0.157 e. The Hall–Kier alpha value is -0.560. The molecule has 1 saturated heterocycles. The molecule has 0 saturated carbocycles. The Bertz CT molecular complexity index is 225. The van der Waals surface area contributed by atoms with E-state index in [2.05, 4.69) is 11.8 Å². The lowest BCUT2D eigenvalue weighted by Gasteiger charge is -2.22. The van der Waals surface area contributed by atoms with E-state index in [1.807, 2.05) is 0 Å². The van der Waals surface area contributed by atoms with Crippen LogP contribution in [0.15, 0.2) is 0 Å². The molecule has 3 heteroatoms. The summed E-state index contributed by atoms with van der Waals surface area (Å²) in [5, 5.41) is 9.33. The zero-order chi connectivity index (χ0) is 11.1. The first-order valence-electron chi connectivity index (χ1n) is 5.53. The fourth-order valence-corrected chi connectivity index (χ4v) is 1.36. The van der Waals surface area contributed by atoms with E-state index >= 15 is 0 Å². The number of aliphatic hydroxyl groups is 1. The topological polar surface area (TPSA) is 38.7 Å². The largest absolute Gasteiger partial charge is 0.378 e. The number of hydrogen-bond acceptors (Lipinski definition) is 3. The van der Waals surface area contributed by atoms with Crippen LogP contribution in [-0.4, -0.2) is 30.2 Å². The van der Waals surface area contributed by atoms with Crippen molar-refractivity contribution in [3.05, 3.63) is 0 Å². The molecule has 15 heavy (non-hydrogen) atoms. The Morgan fingerprint density at radius 3 is 2.87 bits per heavy atom. The highest BCUT2D eigenvalue weighted by Gasteiger charge is 2.13. The van der Waals surface area contributed by atoms with E-state index in [4.69, 9.17) is 9.47 Å². The third-order valence-corrected chi connectivity index (χ3v) is 2.06. The van der Waals surface area contributed by atoms with Gasteiger partial charge in [0, 0.05) is 13.0 Å². The second-order valence-electron chi connectivity index (χ2n) is 4.28. The quantitative estimate of drug-likeness (QED) is 0.571. The molecule has 1 aliphatic heterocycles. The lowest BCUT2D eigenvalue weighted by Crippen LogP contribution is -2.22. The molecule has 86 valence electrons. The van der Waals surface area contributed by atoms with Crippen molar-refractivity contribution in [3.8, 4) is 11.8 Å². The van der Waals surface area contributed by atoms with E-state index in [-0.39, 0.29) is 6.29 Å². The van der Waals surface area contributed by atoms with Crippen molar-refractivity contribution < 1.29 is 14.6 Å². The summed E-state index contributed by atoms with van der Waals surface area (Å²) in [6.07, 6.45) is 3.91. The molecule has 0 spiro atoms. The van der Waals surface area contributed by atoms with Gasteiger partial charge in [-0.15, -0.1) is 0 Å². The Kier molecular flexibility index (Phi) is 5.10. The highest BCUT2D eigenvalue weighted by atomic mass is 16.7. The van der Waals surface area contributed by atoms with Crippen molar-refractivity contribution in [1.82, 2.24) is 0 Å². The van der Waals surface area contributed by atoms with Crippen LogP contribution in [0.5, 0.6) is 0 Å². The third kappa shape index (κ3) is 6.51. The monoisotopic (exact) mass is 212 g/mol. The summed E-state index contributed by atoms with van der Waals surface area (Å²) in [6, 6.07) is 0. The lowest BCUT2D eigenvalue weighted by molar-refractivity contribution is -0.161. The molecule has 1 atom stereocenters. The summed E-state index contributed by atoms with van der Waals surface area (Å²) in [4.78, 5) is 0. The first kappa shape index (κ1) is 12.5. The van der Waals surface area contributed by atoms with Gasteiger partial charge in [0.1, 0.15) is 5.60 Å². The lowest BCUT2D eigenvalue weighted by atomic mass is 10.1. The molecule has 0 aromatic heterocycles. The zero-order valence-corrected chi connectivity index (χ0v) is 9.58. The van der Waals surface area contributed by atoms with Crippen LogP contribution in [0.3, 0.4) is 0 Å². The predicted molar refractivity (Wildman–Crippen MR) is 58.2 cm³/mol. The fourth-order valence-electron chi connectivity index (χ4n) is 1.36. The van der Waals surface area contributed by atoms with Gasteiger partial charge < -0.3 is 14.6 Å². The van der Waals surface area contributed by atoms with Gasteiger partial charge in [0.25, 0.3) is 0 Å². The molecule has 0 bridgehead atoms. The fraction of sp³-hybridized carbons (Fsp3) is 0.833. The molecule has 0 aromatic carbocycles. The SMILES string of the molecule is CC(C)(O)C#CCCOC1CCCCO1. The number of hydrogen-bond donors (Lipinski definition) is 1. The molecule has 1 heterocycles. The maximum absolute atomic E-state index is 9.33. The number of ether oxygens (including phenoxy) is 2. The first-order chi connectivity index (χ1) is 7.08. The highest BCUT2D eigenvalue weighted by Crippen LogP contribution is 2.13. The van der Waals surface area contributed by atoms with Gasteiger partial charge in [0.05, 0.1) is 6.61 Å². The Labute approximate surface area is 91.8 Å². The number of rotatable bonds is 3. The van der Waals surface area contributed by atoms with E-state index in [1.165, 1.54) is 6.42 Å². The van der Waals surface area contributed by atoms with Gasteiger partial charge in [-0.05, 0) is 33.1 Å². The molecule has 0 amide bonds. The minimum atomic E-state index is -0.901. The normalized spacial score (nSPS) is 21.9. The van der Waals surface area contributed by atoms with E-state index < -0.39 is 5.60 Å². The molecule has 0 aromatic rings. The Balaban J connectivity index is 2.07. The summed E-state index contributed by atoms with van der Waals surface area (Å²) >= 11 is 0. The second kappa shape index (κ2) is 6.12. The minimum absolute atomic E-state index is 0.0392. The van der Waals surface area contributed by atoms with Crippen LogP contribution in [0, 0.1) is 11.8 Å². The van der Waals surface area contributed by atoms with E-state index in [0.29, 0.717) is 13.0 Å². The van der Waals surface area contributed by atoms with Gasteiger partial charge in [-0.2, -0.15) is 0 Å². The second-order valence-corrected chi connectivity index (χ2v) is 4.28. The molecule has 3 nitrogen and oxygen atoms in total. The predicted octanol–water partition coefficient (Wildman–Crippen LogP) is 1.69. The maximum Gasteiger partial charge on any atom is 0.157 e. The molecule has 1 unspecified atom stereocenters. The maximum atomic E-state index is 9.33. The molecule has 0 aliphatic carbocycles. The van der Waals surface area contributed by atoms with Crippen molar-refractivity contribution in [2.75, 3.05) is 13.2 Å². The summed E-state index contributed by atoms with van der Waals surface area (Å²) in [5.74, 6) is 5.63. The van der Waals surface area contributed by atoms with Crippen LogP contribution in [-0.2, 0) is 9.47 Å². The molecule has 1 fully saturated rings. The van der Waals surface area contributed by atoms with Crippen molar-refractivity contribution in [2.24, 2.45) is 0 Å². The van der Waals surface area contributed by atoms with Gasteiger partial charge in [-0.1, -0.05) is 11.8 Å². The van der Waals surface area contributed by atoms with Crippen molar-refractivity contribution >= 4 is 0 Å². The van der Waals surface area contributed by atoms with Crippen LogP contribution < -0.4 is 0 Å². The van der Waals surface area contributed by atoms with Gasteiger partial charge >= 0.3 is 0 Å². The van der Waals surface area contributed by atoms with Crippen molar-refractivity contribution in [3.63, 3.8) is 0 Å². The van der Waals surface area contributed by atoms with Crippen molar-refractivity contribution in [2.45, 2.75) is 51.4 Å². The van der Waals surface area contributed by atoms with Gasteiger partial charge in [0.15, 0.2) is 6.29 Å². The van der Waals surface area contributed by atoms with Crippen LogP contribution >= 0.6 is 0 Å². The summed E-state index contributed by atoms with van der Waals surface area (Å²) in [6.45, 7) is 4.73. The average molecular weight is 212 g/mol. The molecule has 0 radical (unpaired) electrons. The zero-order valence-electron chi connectivity index (χ0n) is 9.58. The summed E-state index contributed by atoms with van der Waals surface area (Å²) in [5.41, 5.74) is -0.901. The van der Waals surface area contributed by atoms with E-state index in [9.17, 15) is 5.11 Å². The van der Waals surface area contributed by atoms with E-state index in [0.717, 1.165) is 19.4 Å². The van der Waals surface area contributed by atoms with Crippen molar-refractivity contribution in [1.29, 1.82) is 0 Å². The molecular weight excluding hydrogens is 192 g/mol. The first-order valence-corrected chi connectivity index (χ1v) is 5.53. The van der Waals surface area contributed by atoms with Crippen LogP contribution in [0.25, 0.3) is 0 Å². The molecule has 1 N–H and O–H groups in total. The molecular formula is C12H20O3. The standard InChI is InChI=1S/C12H20O3/c1-12(2,13)8-4-6-10-15-11-7-3-5-9-14-11/h11,13H,3,5-7,9-10H2,1-2H3. The average Bonchev–Trinajstić information content (AvgIpc) is 2.17. The third-order valence-electron chi connectivity index (χ3n) is 2.06. The Morgan fingerprint density at radius 1 is 1.47 bits per heavy atom. The van der Waals surface area contributed by atoms with Crippen LogP contribution in [0.1, 0.15) is 39.5 Å². The Morgan fingerprint density at radius 2 is 2.27 bits per heavy atom. The minimum Gasteiger partial charge on any atom is -0.378 e. The highest BCUT2D eigenvalue weighted by molar-refractivity contribution is 5.09. The summed E-state index contributed by atoms with van der Waals surface area (Å²) in [7, 11) is 0.